The van der Waals surface area contributed by atoms with Gasteiger partial charge in [-0.1, -0.05) is 22.3 Å². The van der Waals surface area contributed by atoms with Crippen molar-refractivity contribution in [2.24, 2.45) is 0 Å². The molecule has 2 aliphatic rings. The summed E-state index contributed by atoms with van der Waals surface area (Å²) in [4.78, 5) is 49.7. The van der Waals surface area contributed by atoms with Crippen LogP contribution in [0.15, 0.2) is 0 Å². The first-order chi connectivity index (χ1) is 12.3. The van der Waals surface area contributed by atoms with Crippen molar-refractivity contribution >= 4 is 23.9 Å². The molecule has 0 radical (unpaired) electrons. The van der Waals surface area contributed by atoms with Gasteiger partial charge in [-0.15, -0.1) is 0 Å². The van der Waals surface area contributed by atoms with Gasteiger partial charge in [0.25, 0.3) is 0 Å². The zero-order valence-corrected chi connectivity index (χ0v) is 15.4. The Balaban J connectivity index is 0. The molecule has 2 saturated heterocycles. The number of piperidine rings is 1. The summed E-state index contributed by atoms with van der Waals surface area (Å²) in [6, 6.07) is 0. The molecule has 2 aliphatic heterocycles. The maximum Gasteiger partial charge on any atom is 0.410 e. The number of hydrogen-bond donors (Lipinski definition) is 1. The van der Waals surface area contributed by atoms with Crippen LogP contribution >= 0.6 is 0 Å². The Hall–Kier alpha value is -2.32. The predicted octanol–water partition coefficient (Wildman–Crippen LogP) is 2.82. The summed E-state index contributed by atoms with van der Waals surface area (Å²) >= 11 is 0. The van der Waals surface area contributed by atoms with E-state index in [1.54, 1.807) is 11.8 Å². The van der Waals surface area contributed by atoms with Crippen LogP contribution in [-0.4, -0.2) is 78.6 Å². The average Bonchev–Trinajstić information content (AvgIpc) is 2.87. The van der Waals surface area contributed by atoms with E-state index in [0.29, 0.717) is 58.5 Å². The summed E-state index contributed by atoms with van der Waals surface area (Å²) in [5, 5.41) is 2.58. The minimum atomic E-state index is -0.589. The van der Waals surface area contributed by atoms with E-state index in [0.717, 1.165) is 0 Å². The number of carbonyl (C=O) groups is 4. The number of ketones is 1. The highest BCUT2D eigenvalue weighted by Gasteiger charge is 2.47. The van der Waals surface area contributed by atoms with Crippen molar-refractivity contribution in [3.05, 3.63) is 0 Å². The Morgan fingerprint density at radius 1 is 1.17 bits per heavy atom. The van der Waals surface area contributed by atoms with E-state index >= 15 is 0 Å². The molecule has 3 amide bonds. The van der Waals surface area contributed by atoms with Crippen molar-refractivity contribution in [3.8, 4) is 0 Å². The lowest BCUT2D eigenvalue weighted by Gasteiger charge is -2.37. The fourth-order valence-corrected chi connectivity index (χ4v) is 3.28. The molecule has 170 valence electrons. The number of alkyl carbamates (subject to hydrolysis) is 1. The molecule has 0 aromatic rings. The number of nitrogens with zero attached hydrogens (tertiary/aromatic N) is 2. The van der Waals surface area contributed by atoms with Crippen LogP contribution in [0, 0.1) is 0 Å². The number of hydrogen-bond acceptors (Lipinski definition) is 6. The van der Waals surface area contributed by atoms with Crippen LogP contribution in [0.4, 0.5) is 9.59 Å². The van der Waals surface area contributed by atoms with Crippen molar-refractivity contribution in [1.82, 2.24) is 15.1 Å². The van der Waals surface area contributed by atoms with Crippen LogP contribution in [0.5, 0.6) is 0 Å². The molecule has 0 bridgehead atoms. The van der Waals surface area contributed by atoms with Crippen LogP contribution in [0.25, 0.3) is 0 Å². The van der Waals surface area contributed by atoms with Gasteiger partial charge in [-0.25, -0.2) is 9.59 Å². The minimum Gasteiger partial charge on any atom is -0.450 e. The van der Waals surface area contributed by atoms with Crippen LogP contribution in [-0.2, 0) is 19.1 Å². The number of carbonyl (C=O) groups excluding carboxylic acids is 4. The highest BCUT2D eigenvalue weighted by atomic mass is 16.6. The summed E-state index contributed by atoms with van der Waals surface area (Å²) < 4.78 is 10.3. The van der Waals surface area contributed by atoms with Gasteiger partial charge in [0.15, 0.2) is 0 Å². The van der Waals surface area contributed by atoms with E-state index in [-0.39, 0.29) is 40.5 Å². The van der Waals surface area contributed by atoms with Crippen LogP contribution in [0.3, 0.4) is 0 Å². The van der Waals surface area contributed by atoms with Gasteiger partial charge in [0.2, 0.25) is 5.91 Å². The zero-order valence-electron chi connectivity index (χ0n) is 15.4. The van der Waals surface area contributed by atoms with Crippen LogP contribution in [0.1, 0.15) is 61.8 Å². The van der Waals surface area contributed by atoms with Gasteiger partial charge in [0.05, 0.1) is 19.7 Å². The largest absolute Gasteiger partial charge is 0.450 e. The zero-order chi connectivity index (χ0) is 19.2. The molecule has 1 spiro atoms. The molecular weight excluding hydrogens is 378 g/mol. The van der Waals surface area contributed by atoms with E-state index in [1.807, 2.05) is 0 Å². The lowest BCUT2D eigenvalue weighted by Crippen LogP contribution is -2.49. The van der Waals surface area contributed by atoms with E-state index in [4.69, 9.17) is 9.47 Å². The maximum absolute atomic E-state index is 12.3. The Morgan fingerprint density at radius 3 is 2.34 bits per heavy atom. The standard InChI is InChI=1S/C17H27N3O6.3CH4/c1-3-25-15(23)18-8-4-5-14(22)19-9-6-17(7-10-19)12-20(11-13(2)21)16(24)26-17;;;/h3-12H2,1-2H3,(H,18,23);3*1H4. The summed E-state index contributed by atoms with van der Waals surface area (Å²) in [6.45, 7) is 5.38. The van der Waals surface area contributed by atoms with E-state index in [2.05, 4.69) is 5.32 Å². The SMILES string of the molecule is C.C.C.CCOC(=O)NCCCC(=O)N1CCC2(CC1)CN(CC(C)=O)C(=O)O2. The molecule has 2 rings (SSSR count). The summed E-state index contributed by atoms with van der Waals surface area (Å²) in [7, 11) is 0. The third-order valence-corrected chi connectivity index (χ3v) is 4.59. The smallest absolute Gasteiger partial charge is 0.410 e. The normalized spacial score (nSPS) is 16.7. The second kappa shape index (κ2) is 13.0. The summed E-state index contributed by atoms with van der Waals surface area (Å²) in [6.07, 6.45) is 1.10. The first kappa shape index (κ1) is 28.9. The second-order valence-electron chi connectivity index (χ2n) is 6.74. The van der Waals surface area contributed by atoms with Gasteiger partial charge >= 0.3 is 12.2 Å². The molecule has 1 N–H and O–H groups in total. The molecule has 2 heterocycles. The molecule has 0 aliphatic carbocycles. The molecule has 29 heavy (non-hydrogen) atoms. The summed E-state index contributed by atoms with van der Waals surface area (Å²) in [5.74, 6) is -0.0570. The van der Waals surface area contributed by atoms with Gasteiger partial charge in [-0.2, -0.15) is 0 Å². The number of rotatable bonds is 7. The predicted molar refractivity (Wildman–Crippen MR) is 112 cm³/mol. The lowest BCUT2D eigenvalue weighted by atomic mass is 9.91. The molecule has 2 fully saturated rings. The van der Waals surface area contributed by atoms with Crippen molar-refractivity contribution < 1.29 is 28.7 Å². The number of likely N-dealkylation sites (tertiary alicyclic amines) is 1. The molecule has 0 unspecified atom stereocenters. The fraction of sp³-hybridized carbons (Fsp3) is 0.800. The Kier molecular flexibility index (Phi) is 13.0. The van der Waals surface area contributed by atoms with Gasteiger partial charge in [-0.05, 0) is 20.3 Å². The highest BCUT2D eigenvalue weighted by Crippen LogP contribution is 2.33. The quantitative estimate of drug-likeness (QED) is 0.639. The minimum absolute atomic E-state index is 0. The van der Waals surface area contributed by atoms with Crippen molar-refractivity contribution in [3.63, 3.8) is 0 Å². The van der Waals surface area contributed by atoms with Crippen molar-refractivity contribution in [2.75, 3.05) is 39.3 Å². The molecule has 0 aromatic carbocycles. The van der Waals surface area contributed by atoms with Crippen molar-refractivity contribution in [1.29, 1.82) is 0 Å². The van der Waals surface area contributed by atoms with E-state index < -0.39 is 17.8 Å². The first-order valence-corrected chi connectivity index (χ1v) is 9.01. The van der Waals surface area contributed by atoms with E-state index in [1.165, 1.54) is 11.8 Å². The molecule has 0 saturated carbocycles. The molecule has 9 heteroatoms. The van der Waals surface area contributed by atoms with Crippen LogP contribution < -0.4 is 5.32 Å². The topological polar surface area (TPSA) is 105 Å². The second-order valence-corrected chi connectivity index (χ2v) is 6.74. The molecule has 0 aromatic heterocycles. The van der Waals surface area contributed by atoms with E-state index in [9.17, 15) is 19.2 Å². The maximum atomic E-state index is 12.3. The third-order valence-electron chi connectivity index (χ3n) is 4.59. The Labute approximate surface area is 175 Å². The van der Waals surface area contributed by atoms with Gasteiger partial charge < -0.3 is 19.7 Å². The lowest BCUT2D eigenvalue weighted by molar-refractivity contribution is -0.134. The van der Waals surface area contributed by atoms with Gasteiger partial charge in [0.1, 0.15) is 11.4 Å². The van der Waals surface area contributed by atoms with Gasteiger partial charge in [0, 0.05) is 38.9 Å². The monoisotopic (exact) mass is 417 g/mol. The number of amides is 3. The number of ether oxygens (including phenoxy) is 2. The third kappa shape index (κ3) is 8.29. The fourth-order valence-electron chi connectivity index (χ4n) is 3.28. The first-order valence-electron chi connectivity index (χ1n) is 9.01. The highest BCUT2D eigenvalue weighted by molar-refractivity contribution is 5.83. The average molecular weight is 418 g/mol. The van der Waals surface area contributed by atoms with Crippen molar-refractivity contribution in [2.45, 2.75) is 67.4 Å². The Morgan fingerprint density at radius 2 is 1.79 bits per heavy atom. The molecule has 9 nitrogen and oxygen atoms in total. The number of Topliss-reactive ketones (excluding diaryl/α,β-unsaturated/α-hetero) is 1. The van der Waals surface area contributed by atoms with Gasteiger partial charge in [-0.3, -0.25) is 14.5 Å². The summed E-state index contributed by atoms with van der Waals surface area (Å²) in [5.41, 5.74) is -0.589. The molecule has 0 atom stereocenters. The Bertz CT molecular complexity index is 558. The van der Waals surface area contributed by atoms with Crippen LogP contribution in [0.2, 0.25) is 0 Å². The number of nitrogens with one attached hydrogen (secondary N) is 1. The molecular formula is C20H39N3O6.